The molecule has 6 nitrogen and oxygen atoms in total. The third kappa shape index (κ3) is 3.08. The Labute approximate surface area is 167 Å². The molecule has 0 spiro atoms. The number of benzene rings is 2. The predicted octanol–water partition coefficient (Wildman–Crippen LogP) is 4.21. The molecule has 0 atom stereocenters. The van der Waals surface area contributed by atoms with Gasteiger partial charge < -0.3 is 19.6 Å². The van der Waals surface area contributed by atoms with Crippen molar-refractivity contribution >= 4 is 28.4 Å². The van der Waals surface area contributed by atoms with Crippen LogP contribution >= 0.6 is 0 Å². The quantitative estimate of drug-likeness (QED) is 0.554. The first-order valence-electron chi connectivity index (χ1n) is 9.52. The zero-order valence-electron chi connectivity index (χ0n) is 15.6. The van der Waals surface area contributed by atoms with Gasteiger partial charge in [-0.2, -0.15) is 0 Å². The van der Waals surface area contributed by atoms with Crippen LogP contribution in [0, 0.1) is 0 Å². The van der Waals surface area contributed by atoms with Gasteiger partial charge in [0, 0.05) is 41.7 Å². The summed E-state index contributed by atoms with van der Waals surface area (Å²) >= 11 is 0. The SMILES string of the molecule is O=C(Nc1ccccc1C(=O)N1CCc2[nH]c3ccccc3c2C1)c1ccco1. The summed E-state index contributed by atoms with van der Waals surface area (Å²) < 4.78 is 5.14. The summed E-state index contributed by atoms with van der Waals surface area (Å²) in [5, 5.41) is 3.94. The van der Waals surface area contributed by atoms with Gasteiger partial charge in [0.15, 0.2) is 5.76 Å². The molecule has 0 saturated heterocycles. The lowest BCUT2D eigenvalue weighted by atomic mass is 10.0. The monoisotopic (exact) mass is 385 g/mol. The number of amides is 2. The zero-order valence-corrected chi connectivity index (χ0v) is 15.6. The Hall–Kier alpha value is -3.80. The van der Waals surface area contributed by atoms with Gasteiger partial charge in [-0.15, -0.1) is 0 Å². The van der Waals surface area contributed by atoms with Gasteiger partial charge in [0.2, 0.25) is 0 Å². The summed E-state index contributed by atoms with van der Waals surface area (Å²) in [6, 6.07) is 18.5. The summed E-state index contributed by atoms with van der Waals surface area (Å²) in [4.78, 5) is 31.0. The average Bonchev–Trinajstić information content (AvgIpc) is 3.41. The summed E-state index contributed by atoms with van der Waals surface area (Å²) in [6.45, 7) is 1.16. The Balaban J connectivity index is 1.42. The highest BCUT2D eigenvalue weighted by Crippen LogP contribution is 2.29. The van der Waals surface area contributed by atoms with E-state index in [0.29, 0.717) is 24.3 Å². The van der Waals surface area contributed by atoms with Crippen molar-refractivity contribution in [3.63, 3.8) is 0 Å². The van der Waals surface area contributed by atoms with Crippen LogP contribution in [0.3, 0.4) is 0 Å². The van der Waals surface area contributed by atoms with Crippen LogP contribution in [0.5, 0.6) is 0 Å². The number of fused-ring (bicyclic) bond motifs is 3. The number of aromatic nitrogens is 1. The molecular weight excluding hydrogens is 366 g/mol. The molecule has 1 aliphatic rings. The third-order valence-corrected chi connectivity index (χ3v) is 5.32. The van der Waals surface area contributed by atoms with Gasteiger partial charge in [0.1, 0.15) is 0 Å². The van der Waals surface area contributed by atoms with Crippen LogP contribution in [-0.4, -0.2) is 28.2 Å². The number of hydrogen-bond donors (Lipinski definition) is 2. The summed E-state index contributed by atoms with van der Waals surface area (Å²) in [5.41, 5.74) is 4.39. The summed E-state index contributed by atoms with van der Waals surface area (Å²) in [6.07, 6.45) is 2.22. The van der Waals surface area contributed by atoms with Crippen molar-refractivity contribution < 1.29 is 14.0 Å². The maximum atomic E-state index is 13.3. The van der Waals surface area contributed by atoms with Crippen molar-refractivity contribution in [2.24, 2.45) is 0 Å². The molecule has 2 aromatic carbocycles. The number of furan rings is 1. The molecular formula is C23H19N3O3. The molecule has 5 rings (SSSR count). The summed E-state index contributed by atoms with van der Waals surface area (Å²) in [5.74, 6) is -0.280. The van der Waals surface area contributed by atoms with Gasteiger partial charge in [0.25, 0.3) is 11.8 Å². The highest BCUT2D eigenvalue weighted by atomic mass is 16.3. The topological polar surface area (TPSA) is 78.3 Å². The van der Waals surface area contributed by atoms with Crippen molar-refractivity contribution in [2.45, 2.75) is 13.0 Å². The molecule has 4 aromatic rings. The van der Waals surface area contributed by atoms with Crippen molar-refractivity contribution in [1.82, 2.24) is 9.88 Å². The Bertz CT molecular complexity index is 1210. The van der Waals surface area contributed by atoms with Crippen molar-refractivity contribution in [3.05, 3.63) is 89.5 Å². The number of nitrogens with zero attached hydrogens (tertiary/aromatic N) is 1. The molecule has 3 heterocycles. The highest BCUT2D eigenvalue weighted by molar-refractivity contribution is 6.08. The smallest absolute Gasteiger partial charge is 0.291 e. The van der Waals surface area contributed by atoms with E-state index >= 15 is 0 Å². The number of rotatable bonds is 3. The number of nitrogens with one attached hydrogen (secondary N) is 2. The van der Waals surface area contributed by atoms with Gasteiger partial charge >= 0.3 is 0 Å². The second-order valence-electron chi connectivity index (χ2n) is 7.08. The zero-order chi connectivity index (χ0) is 19.8. The lowest BCUT2D eigenvalue weighted by molar-refractivity contribution is 0.0736. The fraction of sp³-hybridized carbons (Fsp3) is 0.130. The second kappa shape index (κ2) is 6.98. The Morgan fingerprint density at radius 3 is 2.69 bits per heavy atom. The minimum atomic E-state index is -0.382. The first-order valence-corrected chi connectivity index (χ1v) is 9.52. The van der Waals surface area contributed by atoms with Gasteiger partial charge in [-0.1, -0.05) is 30.3 Å². The molecule has 29 heavy (non-hydrogen) atoms. The van der Waals surface area contributed by atoms with Crippen LogP contribution < -0.4 is 5.32 Å². The number of hydrogen-bond acceptors (Lipinski definition) is 3. The average molecular weight is 385 g/mol. The molecule has 0 bridgehead atoms. The maximum Gasteiger partial charge on any atom is 0.291 e. The highest BCUT2D eigenvalue weighted by Gasteiger charge is 2.26. The molecule has 1 aliphatic heterocycles. The lowest BCUT2D eigenvalue weighted by Crippen LogP contribution is -2.36. The first kappa shape index (κ1) is 17.3. The lowest BCUT2D eigenvalue weighted by Gasteiger charge is -2.28. The number of para-hydroxylation sites is 2. The molecule has 0 unspecified atom stereocenters. The molecule has 6 heteroatoms. The number of H-pyrrole nitrogens is 1. The van der Waals surface area contributed by atoms with E-state index in [4.69, 9.17) is 4.42 Å². The number of carbonyl (C=O) groups is 2. The maximum absolute atomic E-state index is 13.3. The van der Waals surface area contributed by atoms with Gasteiger partial charge in [-0.25, -0.2) is 0 Å². The molecule has 0 saturated carbocycles. The normalized spacial score (nSPS) is 13.3. The third-order valence-electron chi connectivity index (χ3n) is 5.32. The van der Waals surface area contributed by atoms with Crippen LogP contribution in [0.25, 0.3) is 10.9 Å². The predicted molar refractivity (Wildman–Crippen MR) is 110 cm³/mol. The van der Waals surface area contributed by atoms with Gasteiger partial charge in [0.05, 0.1) is 17.5 Å². The number of carbonyl (C=O) groups excluding carboxylic acids is 2. The van der Waals surface area contributed by atoms with E-state index in [9.17, 15) is 9.59 Å². The molecule has 0 fully saturated rings. The second-order valence-corrected chi connectivity index (χ2v) is 7.08. The first-order chi connectivity index (χ1) is 14.2. The van der Waals surface area contributed by atoms with Crippen LogP contribution in [0.4, 0.5) is 5.69 Å². The van der Waals surface area contributed by atoms with Crippen LogP contribution in [0.15, 0.2) is 71.3 Å². The largest absolute Gasteiger partial charge is 0.459 e. The number of aromatic amines is 1. The molecule has 0 radical (unpaired) electrons. The minimum Gasteiger partial charge on any atom is -0.459 e. The van der Waals surface area contributed by atoms with Crippen LogP contribution in [-0.2, 0) is 13.0 Å². The number of anilines is 1. The minimum absolute atomic E-state index is 0.101. The molecule has 2 aromatic heterocycles. The fourth-order valence-electron chi connectivity index (χ4n) is 3.88. The Morgan fingerprint density at radius 1 is 1.00 bits per heavy atom. The molecule has 2 N–H and O–H groups in total. The van der Waals surface area contributed by atoms with E-state index in [1.165, 1.54) is 12.0 Å². The van der Waals surface area contributed by atoms with Gasteiger partial charge in [-0.3, -0.25) is 9.59 Å². The molecule has 0 aliphatic carbocycles. The van der Waals surface area contributed by atoms with E-state index in [0.717, 1.165) is 22.9 Å². The van der Waals surface area contributed by atoms with Crippen molar-refractivity contribution in [1.29, 1.82) is 0 Å². The van der Waals surface area contributed by atoms with E-state index in [-0.39, 0.29) is 17.6 Å². The van der Waals surface area contributed by atoms with E-state index < -0.39 is 0 Å². The Morgan fingerprint density at radius 2 is 1.83 bits per heavy atom. The molecule has 2 amide bonds. The van der Waals surface area contributed by atoms with E-state index in [2.05, 4.69) is 22.4 Å². The standard InChI is InChI=1S/C23H19N3O3/c27-22(21-10-5-13-29-21)25-19-9-4-2-7-16(19)23(28)26-12-11-20-17(14-26)15-6-1-3-8-18(15)24-20/h1-10,13,24H,11-12,14H2,(H,25,27). The van der Waals surface area contributed by atoms with Crippen molar-refractivity contribution in [3.8, 4) is 0 Å². The molecule has 144 valence electrons. The van der Waals surface area contributed by atoms with E-state index in [1.54, 1.807) is 36.4 Å². The van der Waals surface area contributed by atoms with E-state index in [1.807, 2.05) is 17.0 Å². The summed E-state index contributed by atoms with van der Waals surface area (Å²) in [7, 11) is 0. The fourth-order valence-corrected chi connectivity index (χ4v) is 3.88. The van der Waals surface area contributed by atoms with Crippen LogP contribution in [0.1, 0.15) is 32.2 Å². The Kier molecular flexibility index (Phi) is 4.17. The van der Waals surface area contributed by atoms with Crippen molar-refractivity contribution in [2.75, 3.05) is 11.9 Å². The van der Waals surface area contributed by atoms with Crippen LogP contribution in [0.2, 0.25) is 0 Å². The van der Waals surface area contributed by atoms with Gasteiger partial charge in [-0.05, 0) is 30.3 Å².